The highest BCUT2D eigenvalue weighted by molar-refractivity contribution is 7.25. The van der Waals surface area contributed by atoms with E-state index in [1.54, 1.807) is 24.3 Å². The van der Waals surface area contributed by atoms with E-state index in [9.17, 15) is 9.59 Å². The Kier molecular flexibility index (Phi) is 4.86. The van der Waals surface area contributed by atoms with Gasteiger partial charge in [-0.2, -0.15) is 0 Å². The summed E-state index contributed by atoms with van der Waals surface area (Å²) in [6.07, 6.45) is 0. The molecule has 6 rings (SSSR count). The maximum Gasteiger partial charge on any atom is 0.333 e. The average molecular weight is 483 g/mol. The fourth-order valence-electron chi connectivity index (χ4n) is 4.12. The highest BCUT2D eigenvalue weighted by Crippen LogP contribution is 2.40. The van der Waals surface area contributed by atoms with Crippen molar-refractivity contribution in [1.29, 1.82) is 0 Å². The van der Waals surface area contributed by atoms with E-state index in [0.717, 1.165) is 21.3 Å². The van der Waals surface area contributed by atoms with Crippen LogP contribution < -0.4 is 11.2 Å². The number of fused-ring (bicyclic) bond motifs is 3. The summed E-state index contributed by atoms with van der Waals surface area (Å²) in [6, 6.07) is 26.1. The van der Waals surface area contributed by atoms with Crippen molar-refractivity contribution in [3.8, 4) is 28.1 Å². The van der Waals surface area contributed by atoms with Crippen LogP contribution in [0.5, 0.6) is 0 Å². The van der Waals surface area contributed by atoms with E-state index in [-0.39, 0.29) is 0 Å². The molecule has 34 heavy (non-hydrogen) atoms. The number of hydrogen-bond acceptors (Lipinski definition) is 5. The van der Waals surface area contributed by atoms with Crippen LogP contribution in [0, 0.1) is 0 Å². The molecule has 6 aromatic rings. The van der Waals surface area contributed by atoms with Crippen molar-refractivity contribution >= 4 is 43.4 Å². The molecule has 0 radical (unpaired) electrons. The maximum absolute atomic E-state index is 13.5. The highest BCUT2D eigenvalue weighted by atomic mass is 35.5. The van der Waals surface area contributed by atoms with E-state index in [2.05, 4.69) is 15.2 Å². The summed E-state index contributed by atoms with van der Waals surface area (Å²) in [5.41, 5.74) is 3.28. The summed E-state index contributed by atoms with van der Waals surface area (Å²) in [5.74, 6) is 0. The molecule has 0 aliphatic carbocycles. The number of hydrogen-bond donors (Lipinski definition) is 1. The molecule has 8 heteroatoms. The molecule has 3 aromatic heterocycles. The second kappa shape index (κ2) is 8.06. The van der Waals surface area contributed by atoms with Gasteiger partial charge in [0.15, 0.2) is 0 Å². The number of aromatic amines is 1. The van der Waals surface area contributed by atoms with Crippen molar-refractivity contribution in [2.45, 2.75) is 0 Å². The Bertz CT molecular complexity index is 1790. The van der Waals surface area contributed by atoms with Gasteiger partial charge in [-0.1, -0.05) is 72.3 Å². The Labute approximate surface area is 201 Å². The molecule has 0 aliphatic heterocycles. The second-order valence-corrected chi connectivity index (χ2v) is 9.12. The van der Waals surface area contributed by atoms with Gasteiger partial charge in [-0.15, -0.1) is 21.5 Å². The van der Waals surface area contributed by atoms with E-state index in [1.807, 2.05) is 60.7 Å². The van der Waals surface area contributed by atoms with Crippen molar-refractivity contribution < 1.29 is 0 Å². The van der Waals surface area contributed by atoms with Crippen LogP contribution in [0.25, 0.3) is 48.5 Å². The van der Waals surface area contributed by atoms with Gasteiger partial charge in [0, 0.05) is 21.5 Å². The zero-order valence-corrected chi connectivity index (χ0v) is 19.1. The minimum Gasteiger partial charge on any atom is -0.305 e. The summed E-state index contributed by atoms with van der Waals surface area (Å²) < 4.78 is 1.52. The summed E-state index contributed by atoms with van der Waals surface area (Å²) in [5, 5.41) is 10.2. The fraction of sp³-hybridized carbons (Fsp3) is 0. The lowest BCUT2D eigenvalue weighted by Crippen LogP contribution is -2.32. The molecule has 0 saturated heterocycles. The molecule has 1 N–H and O–H groups in total. The zero-order chi connectivity index (χ0) is 23.2. The van der Waals surface area contributed by atoms with Crippen LogP contribution in [-0.4, -0.2) is 19.7 Å². The maximum atomic E-state index is 13.5. The third-order valence-corrected chi connectivity index (χ3v) is 6.96. The van der Waals surface area contributed by atoms with Crippen molar-refractivity contribution in [2.24, 2.45) is 0 Å². The van der Waals surface area contributed by atoms with Gasteiger partial charge in [0.25, 0.3) is 5.56 Å². The molecule has 0 unspecified atom stereocenters. The van der Waals surface area contributed by atoms with Crippen molar-refractivity contribution in [3.05, 3.63) is 111 Å². The van der Waals surface area contributed by atoms with Gasteiger partial charge in [0.1, 0.15) is 15.2 Å². The highest BCUT2D eigenvalue weighted by Gasteiger charge is 2.22. The Morgan fingerprint density at radius 1 is 0.794 bits per heavy atom. The second-order valence-electron chi connectivity index (χ2n) is 7.69. The number of benzene rings is 3. The largest absolute Gasteiger partial charge is 0.333 e. The molecule has 0 fully saturated rings. The topological polar surface area (TPSA) is 80.6 Å². The third kappa shape index (κ3) is 3.25. The van der Waals surface area contributed by atoms with Gasteiger partial charge in [-0.05, 0) is 29.8 Å². The number of rotatable bonds is 3. The molecular weight excluding hydrogens is 468 g/mol. The van der Waals surface area contributed by atoms with Crippen molar-refractivity contribution in [2.75, 3.05) is 0 Å². The van der Waals surface area contributed by atoms with E-state index < -0.39 is 11.2 Å². The number of H-pyrrole nitrogens is 1. The van der Waals surface area contributed by atoms with Gasteiger partial charge < -0.3 is 4.98 Å². The lowest BCUT2D eigenvalue weighted by Gasteiger charge is -2.10. The lowest BCUT2D eigenvalue weighted by atomic mass is 9.97. The Balaban J connectivity index is 1.74. The fourth-order valence-corrected chi connectivity index (χ4v) is 5.26. The average Bonchev–Trinajstić information content (AvgIpc) is 3.24. The number of halogens is 1. The van der Waals surface area contributed by atoms with Crippen LogP contribution in [0.2, 0.25) is 5.02 Å². The summed E-state index contributed by atoms with van der Waals surface area (Å²) in [7, 11) is 0. The van der Waals surface area contributed by atoms with Gasteiger partial charge >= 0.3 is 5.69 Å². The first-order valence-corrected chi connectivity index (χ1v) is 11.7. The predicted molar refractivity (Wildman–Crippen MR) is 137 cm³/mol. The first-order chi connectivity index (χ1) is 16.6. The summed E-state index contributed by atoms with van der Waals surface area (Å²) in [6.45, 7) is 0. The standard InChI is InChI=1S/C26H15ClN4O2S/c27-17-11-13-18(14-12-17)31-25(32)23-22(28-26(31)33)20-19(15-7-3-1-4-8-15)21(29-30-24(20)34-23)16-9-5-2-6-10-16/h1-14H,(H,28,33). The summed E-state index contributed by atoms with van der Waals surface area (Å²) in [4.78, 5) is 30.1. The molecule has 6 nitrogen and oxygen atoms in total. The van der Waals surface area contributed by atoms with E-state index in [1.165, 1.54) is 11.3 Å². The van der Waals surface area contributed by atoms with Gasteiger partial charge in [-0.3, -0.25) is 4.79 Å². The predicted octanol–water partition coefficient (Wildman–Crippen LogP) is 5.67. The molecule has 0 atom stereocenters. The quantitative estimate of drug-likeness (QED) is 0.352. The molecular formula is C26H15ClN4O2S. The molecule has 0 aliphatic rings. The van der Waals surface area contributed by atoms with Crippen LogP contribution >= 0.6 is 22.9 Å². The smallest absolute Gasteiger partial charge is 0.305 e. The molecule has 3 aromatic carbocycles. The zero-order valence-electron chi connectivity index (χ0n) is 17.5. The van der Waals surface area contributed by atoms with Crippen LogP contribution in [0.3, 0.4) is 0 Å². The van der Waals surface area contributed by atoms with E-state index in [0.29, 0.717) is 36.8 Å². The molecule has 3 heterocycles. The molecule has 0 bridgehead atoms. The first kappa shape index (κ1) is 20.5. The normalized spacial score (nSPS) is 11.3. The molecule has 0 spiro atoms. The lowest BCUT2D eigenvalue weighted by molar-refractivity contribution is 0.905. The van der Waals surface area contributed by atoms with Gasteiger partial charge in [-0.25, -0.2) is 9.36 Å². The Morgan fingerprint density at radius 2 is 1.44 bits per heavy atom. The number of nitrogens with zero attached hydrogens (tertiary/aromatic N) is 3. The van der Waals surface area contributed by atoms with Gasteiger partial charge in [0.05, 0.1) is 11.2 Å². The monoisotopic (exact) mass is 482 g/mol. The minimum atomic E-state index is -0.531. The summed E-state index contributed by atoms with van der Waals surface area (Å²) >= 11 is 7.20. The van der Waals surface area contributed by atoms with Crippen LogP contribution in [-0.2, 0) is 0 Å². The van der Waals surface area contributed by atoms with Crippen molar-refractivity contribution in [1.82, 2.24) is 19.7 Å². The SMILES string of the molecule is O=c1[nH]c2c(sc3nnc(-c4ccccc4)c(-c4ccccc4)c32)c(=O)n1-c1ccc(Cl)cc1. The third-order valence-electron chi connectivity index (χ3n) is 5.64. The van der Waals surface area contributed by atoms with E-state index >= 15 is 0 Å². The number of aromatic nitrogens is 4. The van der Waals surface area contributed by atoms with Crippen LogP contribution in [0.15, 0.2) is 94.5 Å². The molecule has 164 valence electrons. The number of nitrogens with one attached hydrogen (secondary N) is 1. The molecule has 0 amide bonds. The van der Waals surface area contributed by atoms with E-state index in [4.69, 9.17) is 11.6 Å². The number of thiophene rings is 1. The van der Waals surface area contributed by atoms with Crippen LogP contribution in [0.4, 0.5) is 0 Å². The first-order valence-electron chi connectivity index (χ1n) is 10.5. The Hall–Kier alpha value is -4.07. The van der Waals surface area contributed by atoms with Crippen molar-refractivity contribution in [3.63, 3.8) is 0 Å². The van der Waals surface area contributed by atoms with Crippen LogP contribution in [0.1, 0.15) is 0 Å². The Morgan fingerprint density at radius 3 is 2.12 bits per heavy atom. The molecule has 0 saturated carbocycles. The van der Waals surface area contributed by atoms with Gasteiger partial charge in [0.2, 0.25) is 0 Å². The minimum absolute atomic E-state index is 0.404.